The monoisotopic (exact) mass is 402 g/mol. The molecule has 0 amide bonds. The van der Waals surface area contributed by atoms with E-state index in [1.165, 1.54) is 5.56 Å². The number of aryl methyl sites for hydroxylation is 1. The van der Waals surface area contributed by atoms with Gasteiger partial charge in [0.15, 0.2) is 0 Å². The highest BCUT2D eigenvalue weighted by Crippen LogP contribution is 2.31. The molecule has 0 radical (unpaired) electrons. The molecule has 0 fully saturated rings. The second kappa shape index (κ2) is 8.13. The van der Waals surface area contributed by atoms with E-state index in [-0.39, 0.29) is 10.3 Å². The van der Waals surface area contributed by atoms with E-state index in [2.05, 4.69) is 30.4 Å². The van der Waals surface area contributed by atoms with Gasteiger partial charge in [0, 0.05) is 25.9 Å². The van der Waals surface area contributed by atoms with Gasteiger partial charge in [-0.25, -0.2) is 8.42 Å². The summed E-state index contributed by atoms with van der Waals surface area (Å²) >= 11 is 0. The number of rotatable bonds is 6. The van der Waals surface area contributed by atoms with Gasteiger partial charge in [-0.1, -0.05) is 39.0 Å². The average Bonchev–Trinajstić information content (AvgIpc) is 2.65. The van der Waals surface area contributed by atoms with E-state index in [9.17, 15) is 8.42 Å². The van der Waals surface area contributed by atoms with Crippen LogP contribution in [0.25, 0.3) is 0 Å². The molecule has 2 aromatic rings. The molecule has 0 bridgehead atoms. The second-order valence-electron chi connectivity index (χ2n) is 8.31. The molecule has 0 aromatic heterocycles. The highest BCUT2D eigenvalue weighted by Gasteiger charge is 2.20. The molecule has 0 unspecified atom stereocenters. The first-order chi connectivity index (χ1) is 13.2. The Morgan fingerprint density at radius 1 is 1.11 bits per heavy atom. The fraction of sp³-hybridized carbons (Fsp3) is 0.455. The Morgan fingerprint density at radius 2 is 1.82 bits per heavy atom. The van der Waals surface area contributed by atoms with Crippen molar-refractivity contribution in [2.24, 2.45) is 0 Å². The van der Waals surface area contributed by atoms with Crippen molar-refractivity contribution < 1.29 is 13.2 Å². The highest BCUT2D eigenvalue weighted by molar-refractivity contribution is 7.92. The molecule has 5 nitrogen and oxygen atoms in total. The number of fused-ring (bicyclic) bond motifs is 1. The molecule has 3 rings (SSSR count). The van der Waals surface area contributed by atoms with Crippen molar-refractivity contribution in [3.8, 4) is 0 Å². The largest absolute Gasteiger partial charge is 0.383 e. The standard InChI is InChI=1S/C22H30N2O3S/c1-22(2,3)18-8-11-20(12-9-18)28(25,26)23-19-10-7-17-6-5-13-24(14-15-27-4)21(17)16-19/h7-12,16,23H,5-6,13-15H2,1-4H3. The molecule has 28 heavy (non-hydrogen) atoms. The third-order valence-corrected chi connectivity index (χ3v) is 6.55. The zero-order valence-corrected chi connectivity index (χ0v) is 18.0. The van der Waals surface area contributed by atoms with Crippen molar-refractivity contribution in [3.63, 3.8) is 0 Å². The average molecular weight is 403 g/mol. The van der Waals surface area contributed by atoms with Crippen LogP contribution in [0.5, 0.6) is 0 Å². The van der Waals surface area contributed by atoms with Crippen LogP contribution < -0.4 is 9.62 Å². The molecule has 1 heterocycles. The van der Waals surface area contributed by atoms with Crippen LogP contribution in [0.1, 0.15) is 38.3 Å². The summed E-state index contributed by atoms with van der Waals surface area (Å²) in [6.45, 7) is 8.73. The van der Waals surface area contributed by atoms with Gasteiger partial charge in [-0.05, 0) is 53.6 Å². The lowest BCUT2D eigenvalue weighted by molar-refractivity contribution is 0.205. The van der Waals surface area contributed by atoms with E-state index in [1.807, 2.05) is 30.3 Å². The van der Waals surface area contributed by atoms with Gasteiger partial charge in [0.2, 0.25) is 0 Å². The van der Waals surface area contributed by atoms with Gasteiger partial charge in [0.05, 0.1) is 17.2 Å². The minimum absolute atomic E-state index is 0.0140. The van der Waals surface area contributed by atoms with E-state index in [4.69, 9.17) is 4.74 Å². The number of nitrogens with zero attached hydrogens (tertiary/aromatic N) is 1. The Hall–Kier alpha value is -2.05. The SMILES string of the molecule is COCCN1CCCc2ccc(NS(=O)(=O)c3ccc(C(C)(C)C)cc3)cc21. The quantitative estimate of drug-likeness (QED) is 0.787. The van der Waals surface area contributed by atoms with E-state index < -0.39 is 10.0 Å². The molecule has 1 aliphatic rings. The maximum Gasteiger partial charge on any atom is 0.261 e. The summed E-state index contributed by atoms with van der Waals surface area (Å²) < 4.78 is 33.6. The molecule has 0 spiro atoms. The van der Waals surface area contributed by atoms with Crippen molar-refractivity contribution in [1.82, 2.24) is 0 Å². The molecule has 1 N–H and O–H groups in total. The number of anilines is 2. The number of hydrogen-bond donors (Lipinski definition) is 1. The van der Waals surface area contributed by atoms with Gasteiger partial charge in [-0.15, -0.1) is 0 Å². The maximum atomic E-state index is 12.8. The zero-order chi connectivity index (χ0) is 20.4. The summed E-state index contributed by atoms with van der Waals surface area (Å²) in [6, 6.07) is 12.9. The number of ether oxygens (including phenoxy) is 1. The molecule has 152 valence electrons. The van der Waals surface area contributed by atoms with Crippen LogP contribution in [0.2, 0.25) is 0 Å². The van der Waals surface area contributed by atoms with Gasteiger partial charge in [0.25, 0.3) is 10.0 Å². The van der Waals surface area contributed by atoms with Gasteiger partial charge < -0.3 is 9.64 Å². The topological polar surface area (TPSA) is 58.6 Å². The van der Waals surface area contributed by atoms with Gasteiger partial charge in [-0.3, -0.25) is 4.72 Å². The lowest BCUT2D eigenvalue weighted by Crippen LogP contribution is -2.32. The second-order valence-corrected chi connectivity index (χ2v) is 9.99. The minimum atomic E-state index is -3.63. The normalized spacial score (nSPS) is 14.6. The highest BCUT2D eigenvalue weighted by atomic mass is 32.2. The summed E-state index contributed by atoms with van der Waals surface area (Å²) in [6.07, 6.45) is 2.11. The Kier molecular flexibility index (Phi) is 6.01. The van der Waals surface area contributed by atoms with Gasteiger partial charge in [-0.2, -0.15) is 0 Å². The Balaban J connectivity index is 1.83. The lowest BCUT2D eigenvalue weighted by atomic mass is 9.87. The first-order valence-electron chi connectivity index (χ1n) is 9.71. The molecular formula is C22H30N2O3S. The van der Waals surface area contributed by atoms with E-state index >= 15 is 0 Å². The smallest absolute Gasteiger partial charge is 0.261 e. The molecular weight excluding hydrogens is 372 g/mol. The Morgan fingerprint density at radius 3 is 2.46 bits per heavy atom. The van der Waals surface area contributed by atoms with E-state index in [0.717, 1.165) is 37.2 Å². The maximum absolute atomic E-state index is 12.8. The molecule has 2 aromatic carbocycles. The lowest BCUT2D eigenvalue weighted by Gasteiger charge is -2.31. The van der Waals surface area contributed by atoms with Crippen molar-refractivity contribution in [1.29, 1.82) is 0 Å². The Bertz CT molecular complexity index is 916. The van der Waals surface area contributed by atoms with Crippen molar-refractivity contribution in [3.05, 3.63) is 53.6 Å². The first kappa shape index (κ1) is 20.7. The molecule has 0 atom stereocenters. The van der Waals surface area contributed by atoms with Crippen molar-refractivity contribution in [2.45, 2.75) is 43.9 Å². The van der Waals surface area contributed by atoms with Crippen LogP contribution in [0.4, 0.5) is 11.4 Å². The summed E-state index contributed by atoms with van der Waals surface area (Å²) in [5.41, 5.74) is 4.02. The molecule has 0 saturated carbocycles. The number of benzene rings is 2. The third-order valence-electron chi connectivity index (χ3n) is 5.15. The molecule has 6 heteroatoms. The fourth-order valence-electron chi connectivity index (χ4n) is 3.50. The third kappa shape index (κ3) is 4.67. The van der Waals surface area contributed by atoms with Crippen LogP contribution in [-0.4, -0.2) is 35.2 Å². The van der Waals surface area contributed by atoms with Crippen LogP contribution in [0.15, 0.2) is 47.4 Å². The van der Waals surface area contributed by atoms with E-state index in [1.54, 1.807) is 19.2 Å². The summed E-state index contributed by atoms with van der Waals surface area (Å²) in [5.74, 6) is 0. The predicted octanol–water partition coefficient (Wildman–Crippen LogP) is 4.18. The van der Waals surface area contributed by atoms with Crippen LogP contribution in [0, 0.1) is 0 Å². The molecule has 0 saturated heterocycles. The van der Waals surface area contributed by atoms with Gasteiger partial charge >= 0.3 is 0 Å². The van der Waals surface area contributed by atoms with Crippen molar-refractivity contribution in [2.75, 3.05) is 36.4 Å². The molecule has 0 aliphatic carbocycles. The summed E-state index contributed by atoms with van der Waals surface area (Å²) in [4.78, 5) is 2.53. The number of sulfonamides is 1. The summed E-state index contributed by atoms with van der Waals surface area (Å²) in [5, 5.41) is 0. The summed E-state index contributed by atoms with van der Waals surface area (Å²) in [7, 11) is -1.93. The predicted molar refractivity (Wildman–Crippen MR) is 115 cm³/mol. The number of methoxy groups -OCH3 is 1. The minimum Gasteiger partial charge on any atom is -0.383 e. The van der Waals surface area contributed by atoms with Crippen LogP contribution in [0.3, 0.4) is 0 Å². The Labute approximate surface area is 168 Å². The first-order valence-corrected chi connectivity index (χ1v) is 11.2. The number of hydrogen-bond acceptors (Lipinski definition) is 4. The number of nitrogens with one attached hydrogen (secondary N) is 1. The van der Waals surface area contributed by atoms with Crippen LogP contribution in [-0.2, 0) is 26.6 Å². The zero-order valence-electron chi connectivity index (χ0n) is 17.2. The van der Waals surface area contributed by atoms with Crippen LogP contribution >= 0.6 is 0 Å². The molecule has 1 aliphatic heterocycles. The fourth-order valence-corrected chi connectivity index (χ4v) is 4.55. The van der Waals surface area contributed by atoms with Crippen molar-refractivity contribution >= 4 is 21.4 Å². The van der Waals surface area contributed by atoms with Gasteiger partial charge in [0.1, 0.15) is 0 Å². The van der Waals surface area contributed by atoms with E-state index in [0.29, 0.717) is 12.3 Å².